The third-order valence-corrected chi connectivity index (χ3v) is 11.6. The summed E-state index contributed by atoms with van der Waals surface area (Å²) >= 11 is 17.3. The summed E-state index contributed by atoms with van der Waals surface area (Å²) in [7, 11) is 1.06. The predicted molar refractivity (Wildman–Crippen MR) is 267 cm³/mol. The number of ether oxygens (including phenoxy) is 3. The van der Waals surface area contributed by atoms with Crippen LogP contribution in [0.2, 0.25) is 10.0 Å². The van der Waals surface area contributed by atoms with Crippen LogP contribution in [-0.4, -0.2) is 67.8 Å². The summed E-state index contributed by atoms with van der Waals surface area (Å²) in [6.07, 6.45) is -4.16. The summed E-state index contributed by atoms with van der Waals surface area (Å²) in [4.78, 5) is 61.2. The number of carbonyl (C=O) groups excluding carboxylic acids is 3. The predicted octanol–water partition coefficient (Wildman–Crippen LogP) is 13.9. The van der Waals surface area contributed by atoms with Crippen molar-refractivity contribution in [1.29, 1.82) is 0 Å². The number of hydrogen-bond donors (Lipinski definition) is 1. The highest BCUT2D eigenvalue weighted by Crippen LogP contribution is 2.43. The lowest BCUT2D eigenvalue weighted by atomic mass is 10.1. The molecule has 2 amide bonds. The van der Waals surface area contributed by atoms with Crippen LogP contribution in [0.15, 0.2) is 116 Å². The van der Waals surface area contributed by atoms with Gasteiger partial charge in [0.2, 0.25) is 0 Å². The molecule has 0 spiro atoms. The van der Waals surface area contributed by atoms with Crippen molar-refractivity contribution in [3.63, 3.8) is 0 Å². The van der Waals surface area contributed by atoms with E-state index in [4.69, 9.17) is 49.0 Å². The standard InChI is InChI=1S/C27H21ClF4N4O4.C25H20Cl2F4N2O4/c1-15(2)36(25(37)21-6-5-17(28)13-33-21)22-12-20(29)24(11-18(22)26(38)39)40-23-7-4-16(10-19(23)27(30,31)32)14-35-9-3-8-34-35;1-13(2)33(23(34)19-6-5-15(27)12-32-19)20-10-18(28)22(9-16(20)24(35)36-3)37-21-7-4-14(11-26)8-17(21)25(29,30)31/h3-13,15H,14H2,1-2H3,(H,38,39);4-10,12-13H,11H2,1-3H3. The van der Waals surface area contributed by atoms with Gasteiger partial charge in [-0.3, -0.25) is 14.3 Å². The number of aromatic nitrogens is 4. The Morgan fingerprint density at radius 3 is 1.49 bits per heavy atom. The maximum absolute atomic E-state index is 15.3. The van der Waals surface area contributed by atoms with E-state index in [-0.39, 0.29) is 61.9 Å². The summed E-state index contributed by atoms with van der Waals surface area (Å²) < 4.78 is 130. The van der Waals surface area contributed by atoms with Gasteiger partial charge in [0.15, 0.2) is 23.1 Å². The van der Waals surface area contributed by atoms with E-state index in [0.717, 1.165) is 65.4 Å². The first-order valence-electron chi connectivity index (χ1n) is 22.4. The number of nitrogens with zero attached hydrogens (tertiary/aromatic N) is 6. The second-order valence-corrected chi connectivity index (χ2v) is 18.0. The van der Waals surface area contributed by atoms with Gasteiger partial charge in [0.05, 0.1) is 57.3 Å². The van der Waals surface area contributed by atoms with E-state index in [9.17, 15) is 50.6 Å². The van der Waals surface area contributed by atoms with E-state index in [1.165, 1.54) is 59.7 Å². The molecule has 7 rings (SSSR count). The molecule has 0 radical (unpaired) electrons. The molecule has 0 fully saturated rings. The zero-order valence-corrected chi connectivity index (χ0v) is 43.0. The smallest absolute Gasteiger partial charge is 0.419 e. The molecule has 14 nitrogen and oxygen atoms in total. The molecule has 0 saturated carbocycles. The molecule has 3 aromatic heterocycles. The van der Waals surface area contributed by atoms with Crippen molar-refractivity contribution in [3.8, 4) is 23.0 Å². The van der Waals surface area contributed by atoms with Crippen LogP contribution in [0.5, 0.6) is 23.0 Å². The number of carbonyl (C=O) groups is 4. The molecule has 3 heterocycles. The minimum atomic E-state index is -4.87. The third-order valence-electron chi connectivity index (χ3n) is 10.8. The first-order valence-corrected chi connectivity index (χ1v) is 23.7. The van der Waals surface area contributed by atoms with Crippen LogP contribution in [0.3, 0.4) is 0 Å². The minimum absolute atomic E-state index is 0.0381. The summed E-state index contributed by atoms with van der Waals surface area (Å²) in [5.41, 5.74) is -3.48. The van der Waals surface area contributed by atoms with Gasteiger partial charge < -0.3 is 29.1 Å². The largest absolute Gasteiger partial charge is 0.478 e. The lowest BCUT2D eigenvalue weighted by Gasteiger charge is -2.28. The fraction of sp³-hybridized carbons (Fsp3) is 0.212. The quantitative estimate of drug-likeness (QED) is 0.0590. The number of aromatic carboxylic acids is 1. The maximum Gasteiger partial charge on any atom is 0.419 e. The molecule has 0 atom stereocenters. The van der Waals surface area contributed by atoms with E-state index in [1.807, 2.05) is 0 Å². The highest BCUT2D eigenvalue weighted by Gasteiger charge is 2.38. The van der Waals surface area contributed by atoms with Gasteiger partial charge in [0, 0.05) is 67.0 Å². The van der Waals surface area contributed by atoms with Crippen molar-refractivity contribution < 1.29 is 73.6 Å². The Kier molecular flexibility index (Phi) is 18.6. The number of hydrogen-bond acceptors (Lipinski definition) is 10. The Morgan fingerprint density at radius 1 is 0.649 bits per heavy atom. The number of amides is 2. The second-order valence-electron chi connectivity index (χ2n) is 16.9. The van der Waals surface area contributed by atoms with E-state index >= 15 is 8.78 Å². The molecule has 0 bridgehead atoms. The highest BCUT2D eigenvalue weighted by molar-refractivity contribution is 6.30. The SMILES string of the molecule is CC(C)N(C(=O)c1ccc(Cl)cn1)c1cc(F)c(Oc2ccc(Cn3cccn3)cc2C(F)(F)F)cc1C(=O)O.COC(=O)c1cc(Oc2ccc(CCl)cc2C(F)(F)F)c(F)cc1N(C(=O)c1ccc(Cl)cn1)C(C)C. The van der Waals surface area contributed by atoms with Gasteiger partial charge in [0.1, 0.15) is 22.9 Å². The van der Waals surface area contributed by atoms with Gasteiger partial charge in [-0.15, -0.1) is 11.6 Å². The molecule has 7 aromatic rings. The summed E-state index contributed by atoms with van der Waals surface area (Å²) in [6, 6.07) is 15.4. The number of alkyl halides is 7. The number of esters is 1. The molecule has 404 valence electrons. The Labute approximate surface area is 448 Å². The fourth-order valence-electron chi connectivity index (χ4n) is 7.36. The third kappa shape index (κ3) is 14.2. The molecule has 0 unspecified atom stereocenters. The molecule has 0 saturated heterocycles. The second kappa shape index (κ2) is 24.5. The first-order chi connectivity index (χ1) is 36.2. The number of methoxy groups -OCH3 is 1. The van der Waals surface area contributed by atoms with E-state index in [0.29, 0.717) is 0 Å². The van der Waals surface area contributed by atoms with Crippen LogP contribution < -0.4 is 19.3 Å². The van der Waals surface area contributed by atoms with Gasteiger partial charge >= 0.3 is 24.3 Å². The Hall–Kier alpha value is -7.82. The Balaban J connectivity index is 0.000000250. The van der Waals surface area contributed by atoms with Gasteiger partial charge in [-0.25, -0.2) is 28.3 Å². The zero-order chi connectivity index (χ0) is 56.7. The molecular weight excluding hydrogens is 1090 g/mol. The van der Waals surface area contributed by atoms with Crippen molar-refractivity contribution in [1.82, 2.24) is 19.7 Å². The molecule has 4 aromatic carbocycles. The van der Waals surface area contributed by atoms with Crippen LogP contribution >= 0.6 is 34.8 Å². The van der Waals surface area contributed by atoms with Gasteiger partial charge in [-0.1, -0.05) is 35.3 Å². The van der Waals surface area contributed by atoms with E-state index in [1.54, 1.807) is 40.0 Å². The van der Waals surface area contributed by atoms with Crippen LogP contribution in [-0.2, 0) is 29.5 Å². The van der Waals surface area contributed by atoms with Crippen molar-refractivity contribution in [3.05, 3.63) is 182 Å². The first kappa shape index (κ1) is 58.4. The van der Waals surface area contributed by atoms with Crippen LogP contribution in [0.1, 0.15) is 91.6 Å². The zero-order valence-electron chi connectivity index (χ0n) is 40.7. The Morgan fingerprint density at radius 2 is 1.10 bits per heavy atom. The Bertz CT molecular complexity index is 3290. The van der Waals surface area contributed by atoms with E-state index in [2.05, 4.69) is 15.1 Å². The van der Waals surface area contributed by atoms with Crippen molar-refractivity contribution >= 4 is 69.9 Å². The normalized spacial score (nSPS) is 11.5. The number of benzene rings is 4. The van der Waals surface area contributed by atoms with Crippen LogP contribution in [0.4, 0.5) is 46.5 Å². The number of rotatable bonds is 15. The monoisotopic (exact) mass is 1130 g/mol. The van der Waals surface area contributed by atoms with E-state index < -0.39 is 99.5 Å². The molecule has 0 aliphatic rings. The molecule has 77 heavy (non-hydrogen) atoms. The fourth-order valence-corrected chi connectivity index (χ4v) is 7.75. The van der Waals surface area contributed by atoms with Crippen molar-refractivity contribution in [2.24, 2.45) is 0 Å². The summed E-state index contributed by atoms with van der Waals surface area (Å²) in [5.74, 6) is -9.34. The number of pyridine rings is 2. The molecule has 0 aliphatic carbocycles. The van der Waals surface area contributed by atoms with Crippen LogP contribution in [0.25, 0.3) is 0 Å². The van der Waals surface area contributed by atoms with Crippen molar-refractivity contribution in [2.45, 2.75) is 64.6 Å². The number of carboxylic acid groups (broad SMARTS) is 1. The minimum Gasteiger partial charge on any atom is -0.478 e. The topological polar surface area (TPSA) is 166 Å². The van der Waals surface area contributed by atoms with Crippen LogP contribution in [0, 0.1) is 11.6 Å². The average Bonchev–Trinajstić information content (AvgIpc) is 3.89. The summed E-state index contributed by atoms with van der Waals surface area (Å²) in [6.45, 7) is 6.42. The number of carboxylic acids is 1. The molecular formula is C52H41Cl3F8N6O8. The highest BCUT2D eigenvalue weighted by atomic mass is 35.5. The molecule has 0 aliphatic heterocycles. The molecule has 25 heteroatoms. The number of anilines is 2. The number of halogens is 11. The molecule has 1 N–H and O–H groups in total. The summed E-state index contributed by atoms with van der Waals surface area (Å²) in [5, 5.41) is 14.4. The van der Waals surface area contributed by atoms with Gasteiger partial charge in [-0.05, 0) is 93.4 Å². The lowest BCUT2D eigenvalue weighted by molar-refractivity contribution is -0.139. The van der Waals surface area contributed by atoms with Gasteiger partial charge in [-0.2, -0.15) is 31.4 Å². The van der Waals surface area contributed by atoms with Crippen molar-refractivity contribution in [2.75, 3.05) is 16.9 Å². The average molecular weight is 1140 g/mol. The lowest BCUT2D eigenvalue weighted by Crippen LogP contribution is -2.38. The maximum atomic E-state index is 15.3. The van der Waals surface area contributed by atoms with Gasteiger partial charge in [0.25, 0.3) is 11.8 Å².